The summed E-state index contributed by atoms with van der Waals surface area (Å²) < 4.78 is 0. The van der Waals surface area contributed by atoms with E-state index in [1.165, 1.54) is 43.6 Å². The topological polar surface area (TPSA) is 31.6 Å². The van der Waals surface area contributed by atoms with Gasteiger partial charge in [0.05, 0.1) is 0 Å². The van der Waals surface area contributed by atoms with Crippen molar-refractivity contribution in [2.75, 3.05) is 0 Å². The molecule has 0 radical (unpaired) electrons. The minimum atomic E-state index is 1.19. The van der Waals surface area contributed by atoms with E-state index < -0.39 is 0 Å². The van der Waals surface area contributed by atoms with E-state index in [1.54, 1.807) is 0 Å². The molecule has 0 fully saturated rings. The summed E-state index contributed by atoms with van der Waals surface area (Å²) in [5, 5.41) is 5.12. The van der Waals surface area contributed by atoms with Crippen LogP contribution in [0.15, 0.2) is 60.7 Å². The van der Waals surface area contributed by atoms with Gasteiger partial charge in [-0.3, -0.25) is 0 Å². The van der Waals surface area contributed by atoms with Crippen molar-refractivity contribution in [2.24, 2.45) is 0 Å². The highest BCUT2D eigenvalue weighted by Crippen LogP contribution is 2.32. The van der Waals surface area contributed by atoms with Crippen LogP contribution in [0.4, 0.5) is 0 Å². The molecule has 0 unspecified atom stereocenters. The number of hydrogen-bond acceptors (Lipinski definition) is 0. The lowest BCUT2D eigenvalue weighted by atomic mass is 10.1. The molecule has 20 heavy (non-hydrogen) atoms. The molecule has 0 aliphatic rings. The Bertz CT molecular complexity index is 1010. The van der Waals surface area contributed by atoms with E-state index in [1.807, 2.05) is 0 Å². The van der Waals surface area contributed by atoms with Gasteiger partial charge in [0.1, 0.15) is 0 Å². The lowest BCUT2D eigenvalue weighted by Gasteiger charge is -1.93. The summed E-state index contributed by atoms with van der Waals surface area (Å²) in [4.78, 5) is 7.02. The summed E-state index contributed by atoms with van der Waals surface area (Å²) in [5.74, 6) is 0. The Morgan fingerprint density at radius 1 is 0.450 bits per heavy atom. The second-order valence-electron chi connectivity index (χ2n) is 5.28. The summed E-state index contributed by atoms with van der Waals surface area (Å²) in [7, 11) is 0. The first-order valence-corrected chi connectivity index (χ1v) is 6.81. The van der Waals surface area contributed by atoms with E-state index in [0.717, 1.165) is 0 Å². The zero-order valence-electron chi connectivity index (χ0n) is 10.8. The first kappa shape index (κ1) is 10.1. The van der Waals surface area contributed by atoms with Crippen LogP contribution >= 0.6 is 0 Å². The average Bonchev–Trinajstić information content (AvgIpc) is 3.02. The predicted octanol–water partition coefficient (Wildman–Crippen LogP) is 4.96. The van der Waals surface area contributed by atoms with Crippen LogP contribution in [0.1, 0.15) is 0 Å². The molecule has 2 heterocycles. The summed E-state index contributed by atoms with van der Waals surface area (Å²) in [5.41, 5.74) is 4.78. The van der Waals surface area contributed by atoms with Crippen molar-refractivity contribution < 1.29 is 0 Å². The lowest BCUT2D eigenvalue weighted by molar-refractivity contribution is 1.54. The van der Waals surface area contributed by atoms with Crippen LogP contribution in [0.3, 0.4) is 0 Å². The molecular formula is C18H12N2. The summed E-state index contributed by atoms with van der Waals surface area (Å²) in [6, 6.07) is 21.4. The van der Waals surface area contributed by atoms with Crippen LogP contribution in [0.5, 0.6) is 0 Å². The molecule has 0 aliphatic carbocycles. The molecule has 2 N–H and O–H groups in total. The van der Waals surface area contributed by atoms with E-state index >= 15 is 0 Å². The Kier molecular flexibility index (Phi) is 1.73. The Morgan fingerprint density at radius 3 is 1.40 bits per heavy atom. The monoisotopic (exact) mass is 256 g/mol. The zero-order chi connectivity index (χ0) is 13.1. The fourth-order valence-corrected chi connectivity index (χ4v) is 3.20. The molecule has 0 saturated heterocycles. The minimum Gasteiger partial charge on any atom is -0.354 e. The van der Waals surface area contributed by atoms with Gasteiger partial charge in [-0.25, -0.2) is 0 Å². The summed E-state index contributed by atoms with van der Waals surface area (Å²) in [6.45, 7) is 0. The van der Waals surface area contributed by atoms with Crippen molar-refractivity contribution in [1.29, 1.82) is 0 Å². The van der Waals surface area contributed by atoms with Gasteiger partial charge in [0, 0.05) is 43.6 Å². The standard InChI is InChI=1S/C18H12N2/c1-3-7-15-11(5-1)13-9-18-14(10-17(13)19-15)12-6-2-4-8-16(12)20-18/h1-10,19-20H. The van der Waals surface area contributed by atoms with Crippen molar-refractivity contribution >= 4 is 43.6 Å². The minimum absolute atomic E-state index is 1.19. The van der Waals surface area contributed by atoms with Crippen molar-refractivity contribution in [2.45, 2.75) is 0 Å². The number of aromatic nitrogens is 2. The smallest absolute Gasteiger partial charge is 0.0472 e. The third-order valence-electron chi connectivity index (χ3n) is 4.13. The van der Waals surface area contributed by atoms with E-state index in [9.17, 15) is 0 Å². The van der Waals surface area contributed by atoms with Gasteiger partial charge in [-0.2, -0.15) is 0 Å². The first-order chi connectivity index (χ1) is 9.90. The van der Waals surface area contributed by atoms with Crippen LogP contribution in [-0.2, 0) is 0 Å². The molecule has 5 aromatic rings. The van der Waals surface area contributed by atoms with E-state index in [0.29, 0.717) is 0 Å². The first-order valence-electron chi connectivity index (χ1n) is 6.81. The van der Waals surface area contributed by atoms with Crippen LogP contribution < -0.4 is 0 Å². The van der Waals surface area contributed by atoms with Crippen molar-refractivity contribution in [3.63, 3.8) is 0 Å². The molecule has 94 valence electrons. The maximum Gasteiger partial charge on any atom is 0.0472 e. The highest BCUT2D eigenvalue weighted by molar-refractivity contribution is 6.16. The largest absolute Gasteiger partial charge is 0.354 e. The zero-order valence-corrected chi connectivity index (χ0v) is 10.8. The molecule has 0 amide bonds. The number of hydrogen-bond donors (Lipinski definition) is 2. The van der Waals surface area contributed by atoms with E-state index in [4.69, 9.17) is 0 Å². The molecule has 2 heteroatoms. The molecule has 2 nitrogen and oxygen atoms in total. The summed E-state index contributed by atoms with van der Waals surface area (Å²) in [6.07, 6.45) is 0. The van der Waals surface area contributed by atoms with E-state index in [-0.39, 0.29) is 0 Å². The second kappa shape index (κ2) is 3.42. The number of nitrogens with one attached hydrogen (secondary N) is 2. The Hall–Kier alpha value is -2.74. The van der Waals surface area contributed by atoms with E-state index in [2.05, 4.69) is 70.6 Å². The third kappa shape index (κ3) is 1.18. The molecule has 0 saturated carbocycles. The maximum absolute atomic E-state index is 3.51. The van der Waals surface area contributed by atoms with Gasteiger partial charge < -0.3 is 9.97 Å². The maximum atomic E-state index is 3.51. The number of benzene rings is 3. The highest BCUT2D eigenvalue weighted by atomic mass is 14.7. The van der Waals surface area contributed by atoms with Crippen LogP contribution in [0, 0.1) is 0 Å². The Balaban J connectivity index is 2.05. The summed E-state index contributed by atoms with van der Waals surface area (Å²) >= 11 is 0. The molecular weight excluding hydrogens is 244 g/mol. The number of fused-ring (bicyclic) bond motifs is 6. The normalized spacial score (nSPS) is 12.0. The van der Waals surface area contributed by atoms with Crippen LogP contribution in [0.2, 0.25) is 0 Å². The van der Waals surface area contributed by atoms with Gasteiger partial charge in [-0.05, 0) is 24.3 Å². The molecule has 0 atom stereocenters. The molecule has 0 spiro atoms. The molecule has 0 aliphatic heterocycles. The molecule has 3 aromatic carbocycles. The number of H-pyrrole nitrogens is 2. The van der Waals surface area contributed by atoms with Gasteiger partial charge in [0.15, 0.2) is 0 Å². The Morgan fingerprint density at radius 2 is 0.900 bits per heavy atom. The van der Waals surface area contributed by atoms with Gasteiger partial charge in [-0.15, -0.1) is 0 Å². The van der Waals surface area contributed by atoms with Crippen molar-refractivity contribution in [1.82, 2.24) is 9.97 Å². The SMILES string of the molecule is c1ccc2c(c1)[nH]c1cc3c(cc12)[nH]c1ccccc13. The fourth-order valence-electron chi connectivity index (χ4n) is 3.20. The van der Waals surface area contributed by atoms with Crippen LogP contribution in [0.25, 0.3) is 43.6 Å². The van der Waals surface area contributed by atoms with Crippen LogP contribution in [-0.4, -0.2) is 9.97 Å². The third-order valence-corrected chi connectivity index (χ3v) is 4.13. The second-order valence-corrected chi connectivity index (χ2v) is 5.28. The molecule has 2 aromatic heterocycles. The Labute approximate surface area is 115 Å². The number of aromatic amines is 2. The number of rotatable bonds is 0. The molecule has 0 bridgehead atoms. The predicted molar refractivity (Wildman–Crippen MR) is 85.2 cm³/mol. The van der Waals surface area contributed by atoms with Gasteiger partial charge in [0.25, 0.3) is 0 Å². The van der Waals surface area contributed by atoms with Gasteiger partial charge in [-0.1, -0.05) is 36.4 Å². The van der Waals surface area contributed by atoms with Crippen molar-refractivity contribution in [3.8, 4) is 0 Å². The van der Waals surface area contributed by atoms with Gasteiger partial charge >= 0.3 is 0 Å². The lowest BCUT2D eigenvalue weighted by Crippen LogP contribution is -1.70. The van der Waals surface area contributed by atoms with Gasteiger partial charge in [0.2, 0.25) is 0 Å². The quantitative estimate of drug-likeness (QED) is 0.392. The average molecular weight is 256 g/mol. The number of para-hydroxylation sites is 2. The molecule has 5 rings (SSSR count). The van der Waals surface area contributed by atoms with Crippen molar-refractivity contribution in [3.05, 3.63) is 60.7 Å². The fraction of sp³-hybridized carbons (Fsp3) is 0. The highest BCUT2D eigenvalue weighted by Gasteiger charge is 2.08.